The predicted molar refractivity (Wildman–Crippen MR) is 136 cm³/mol. The summed E-state index contributed by atoms with van der Waals surface area (Å²) >= 11 is 0. The van der Waals surface area contributed by atoms with E-state index in [1.165, 1.54) is 5.69 Å². The number of alkyl halides is 6. The number of aromatic nitrogens is 3. The maximum atomic E-state index is 10.6. The molecule has 3 heterocycles. The smallest absolute Gasteiger partial charge is 0.475 e. The molecule has 0 amide bonds. The highest BCUT2D eigenvalue weighted by molar-refractivity contribution is 5.78. The van der Waals surface area contributed by atoms with Gasteiger partial charge in [-0.25, -0.2) is 19.1 Å². The molecule has 1 fully saturated rings. The standard InChI is InChI=1S/C22H21N5.2C2HF3O2/c1-2-4-18(5-3-1)21-15-25-27-16-19(14-24-22(21)27)17-6-8-20(9-7-17)26-12-10-23-11-13-26;2*3-2(4,5)1(6)7/h1-9,14-16,23H,10-13H2;2*(H,6,7). The molecule has 2 aromatic carbocycles. The monoisotopic (exact) mass is 583 g/mol. The summed E-state index contributed by atoms with van der Waals surface area (Å²) in [5.74, 6) is -5.51. The molecule has 2 aromatic heterocycles. The van der Waals surface area contributed by atoms with Crippen molar-refractivity contribution in [1.29, 1.82) is 0 Å². The van der Waals surface area contributed by atoms with Gasteiger partial charge in [-0.05, 0) is 23.3 Å². The van der Waals surface area contributed by atoms with Gasteiger partial charge in [0.25, 0.3) is 0 Å². The van der Waals surface area contributed by atoms with Gasteiger partial charge in [-0.2, -0.15) is 31.4 Å². The molecule has 0 saturated carbocycles. The molecular weight excluding hydrogens is 560 g/mol. The molecule has 0 radical (unpaired) electrons. The number of piperazine rings is 1. The van der Waals surface area contributed by atoms with Gasteiger partial charge in [-0.1, -0.05) is 42.5 Å². The Balaban J connectivity index is 0.000000276. The van der Waals surface area contributed by atoms with Crippen LogP contribution in [0.4, 0.5) is 32.0 Å². The van der Waals surface area contributed by atoms with Gasteiger partial charge in [0.1, 0.15) is 0 Å². The van der Waals surface area contributed by atoms with Crippen molar-refractivity contribution in [3.63, 3.8) is 0 Å². The molecule has 0 bridgehead atoms. The van der Waals surface area contributed by atoms with Crippen LogP contribution in [0.2, 0.25) is 0 Å². The summed E-state index contributed by atoms with van der Waals surface area (Å²) < 4.78 is 65.3. The van der Waals surface area contributed by atoms with E-state index in [0.717, 1.165) is 54.1 Å². The Morgan fingerprint density at radius 2 is 1.29 bits per heavy atom. The van der Waals surface area contributed by atoms with Crippen LogP contribution in [0.15, 0.2) is 73.2 Å². The normalized spacial score (nSPS) is 13.5. The van der Waals surface area contributed by atoms with E-state index >= 15 is 0 Å². The van der Waals surface area contributed by atoms with Crippen molar-refractivity contribution in [2.24, 2.45) is 0 Å². The summed E-state index contributed by atoms with van der Waals surface area (Å²) in [6, 6.07) is 19.0. The minimum absolute atomic E-state index is 0.877. The second-order valence-corrected chi connectivity index (χ2v) is 8.42. The first-order valence-electron chi connectivity index (χ1n) is 11.8. The quantitative estimate of drug-likeness (QED) is 0.296. The zero-order chi connectivity index (χ0) is 30.2. The van der Waals surface area contributed by atoms with Crippen LogP contribution in [0.25, 0.3) is 27.9 Å². The van der Waals surface area contributed by atoms with Gasteiger partial charge in [0.15, 0.2) is 5.65 Å². The van der Waals surface area contributed by atoms with Crippen molar-refractivity contribution < 1.29 is 46.1 Å². The largest absolute Gasteiger partial charge is 0.490 e. The van der Waals surface area contributed by atoms with Crippen LogP contribution in [-0.4, -0.2) is 75.3 Å². The van der Waals surface area contributed by atoms with Gasteiger partial charge in [0, 0.05) is 55.4 Å². The van der Waals surface area contributed by atoms with E-state index in [9.17, 15) is 26.3 Å². The lowest BCUT2D eigenvalue weighted by Gasteiger charge is -2.29. The maximum Gasteiger partial charge on any atom is 0.490 e. The first-order valence-corrected chi connectivity index (χ1v) is 11.8. The zero-order valence-corrected chi connectivity index (χ0v) is 21.0. The summed E-state index contributed by atoms with van der Waals surface area (Å²) in [5, 5.41) is 22.2. The van der Waals surface area contributed by atoms with Crippen molar-refractivity contribution in [2.45, 2.75) is 12.4 Å². The molecule has 1 saturated heterocycles. The molecule has 218 valence electrons. The molecule has 0 unspecified atom stereocenters. The fourth-order valence-electron chi connectivity index (χ4n) is 3.63. The number of hydrogen-bond acceptors (Lipinski definition) is 6. The molecule has 1 aliphatic rings. The molecule has 3 N–H and O–H groups in total. The van der Waals surface area contributed by atoms with Crippen molar-refractivity contribution in [3.8, 4) is 22.3 Å². The number of nitrogens with zero attached hydrogens (tertiary/aromatic N) is 4. The topological polar surface area (TPSA) is 120 Å². The summed E-state index contributed by atoms with van der Waals surface area (Å²) in [5.41, 5.74) is 6.56. The summed E-state index contributed by atoms with van der Waals surface area (Å²) in [6.07, 6.45) is -4.30. The lowest BCUT2D eigenvalue weighted by atomic mass is 10.1. The van der Waals surface area contributed by atoms with Crippen molar-refractivity contribution in [1.82, 2.24) is 19.9 Å². The molecule has 15 heteroatoms. The Morgan fingerprint density at radius 1 is 0.756 bits per heavy atom. The van der Waals surface area contributed by atoms with Crippen LogP contribution >= 0.6 is 0 Å². The number of fused-ring (bicyclic) bond motifs is 1. The van der Waals surface area contributed by atoms with Gasteiger partial charge in [0.05, 0.1) is 6.20 Å². The third kappa shape index (κ3) is 8.66. The summed E-state index contributed by atoms with van der Waals surface area (Å²) in [6.45, 7) is 4.21. The van der Waals surface area contributed by atoms with Gasteiger partial charge in [-0.3, -0.25) is 0 Å². The number of aliphatic carboxylic acids is 2. The number of nitrogens with one attached hydrogen (secondary N) is 1. The van der Waals surface area contributed by atoms with Crippen molar-refractivity contribution >= 4 is 23.3 Å². The van der Waals surface area contributed by atoms with Crippen molar-refractivity contribution in [3.05, 3.63) is 73.2 Å². The molecule has 5 rings (SSSR count). The molecular formula is C26H23F6N5O4. The van der Waals surface area contributed by atoms with E-state index in [1.54, 1.807) is 0 Å². The Kier molecular flexibility index (Phi) is 9.89. The average molecular weight is 583 g/mol. The highest BCUT2D eigenvalue weighted by Crippen LogP contribution is 2.27. The van der Waals surface area contributed by atoms with Crippen LogP contribution in [0.3, 0.4) is 0 Å². The fourth-order valence-corrected chi connectivity index (χ4v) is 3.63. The van der Waals surface area contributed by atoms with Crippen LogP contribution in [-0.2, 0) is 9.59 Å². The summed E-state index contributed by atoms with van der Waals surface area (Å²) in [4.78, 5) is 24.9. The first kappa shape index (κ1) is 30.9. The molecule has 0 aliphatic carbocycles. The van der Waals surface area contributed by atoms with Gasteiger partial charge in [-0.15, -0.1) is 0 Å². The van der Waals surface area contributed by atoms with Gasteiger partial charge >= 0.3 is 24.3 Å². The molecule has 9 nitrogen and oxygen atoms in total. The van der Waals surface area contributed by atoms with Crippen LogP contribution in [0.5, 0.6) is 0 Å². The molecule has 0 atom stereocenters. The van der Waals surface area contributed by atoms with Crippen molar-refractivity contribution in [2.75, 3.05) is 31.1 Å². The second-order valence-electron chi connectivity index (χ2n) is 8.42. The van der Waals surface area contributed by atoms with Gasteiger partial charge < -0.3 is 20.4 Å². The Labute approximate surface area is 228 Å². The lowest BCUT2D eigenvalue weighted by molar-refractivity contribution is -0.193. The van der Waals surface area contributed by atoms with Crippen LogP contribution in [0.1, 0.15) is 0 Å². The first-order chi connectivity index (χ1) is 19.3. The molecule has 1 aliphatic heterocycles. The van der Waals surface area contributed by atoms with E-state index < -0.39 is 24.3 Å². The highest BCUT2D eigenvalue weighted by atomic mass is 19.4. The Hall–Kier alpha value is -4.66. The maximum absolute atomic E-state index is 10.6. The van der Waals surface area contributed by atoms with E-state index in [0.29, 0.717) is 0 Å². The number of benzene rings is 2. The second kappa shape index (κ2) is 13.1. The zero-order valence-electron chi connectivity index (χ0n) is 21.0. The SMILES string of the molecule is O=C(O)C(F)(F)F.O=C(O)C(F)(F)F.c1ccc(-c2cnn3cc(-c4ccc(N5CCNCC5)cc4)cnc23)cc1. The number of anilines is 1. The number of hydrogen-bond donors (Lipinski definition) is 3. The number of carbonyl (C=O) groups is 2. The average Bonchev–Trinajstić information content (AvgIpc) is 3.37. The predicted octanol–water partition coefficient (Wildman–Crippen LogP) is 4.74. The highest BCUT2D eigenvalue weighted by Gasteiger charge is 2.38. The number of carboxylic acid groups (broad SMARTS) is 2. The van der Waals surface area contributed by atoms with Crippen LogP contribution < -0.4 is 10.2 Å². The van der Waals surface area contributed by atoms with E-state index in [1.807, 2.05) is 35.1 Å². The molecule has 4 aromatic rings. The third-order valence-corrected chi connectivity index (χ3v) is 5.61. The Bertz CT molecular complexity index is 1430. The number of halogens is 6. The number of carboxylic acids is 2. The van der Waals surface area contributed by atoms with E-state index in [-0.39, 0.29) is 0 Å². The van der Waals surface area contributed by atoms with E-state index in [2.05, 4.69) is 62.9 Å². The van der Waals surface area contributed by atoms with Gasteiger partial charge in [0.2, 0.25) is 0 Å². The lowest BCUT2D eigenvalue weighted by Crippen LogP contribution is -2.43. The molecule has 41 heavy (non-hydrogen) atoms. The summed E-state index contributed by atoms with van der Waals surface area (Å²) in [7, 11) is 0. The van der Waals surface area contributed by atoms with E-state index in [4.69, 9.17) is 19.8 Å². The Morgan fingerprint density at radius 3 is 1.80 bits per heavy atom. The van der Waals surface area contributed by atoms with Crippen LogP contribution in [0, 0.1) is 0 Å². The molecule has 0 spiro atoms. The minimum atomic E-state index is -5.08. The third-order valence-electron chi connectivity index (χ3n) is 5.61. The minimum Gasteiger partial charge on any atom is -0.475 e. The number of rotatable bonds is 3. The fraction of sp³-hybridized carbons (Fsp3) is 0.231.